The number of allylic oxidation sites excluding steroid dienone is 1. The van der Waals surface area contributed by atoms with Crippen LogP contribution >= 0.6 is 15.9 Å². The highest BCUT2D eigenvalue weighted by Gasteiger charge is 2.14. The summed E-state index contributed by atoms with van der Waals surface area (Å²) in [6.45, 7) is 0.602. The van der Waals surface area contributed by atoms with Crippen LogP contribution in [0.3, 0.4) is 0 Å². The lowest BCUT2D eigenvalue weighted by Gasteiger charge is -2.02. The van der Waals surface area contributed by atoms with Gasteiger partial charge in [-0.1, -0.05) is 28.1 Å². The molecule has 0 atom stereocenters. The van der Waals surface area contributed by atoms with Gasteiger partial charge >= 0.3 is 0 Å². The number of imidazole rings is 1. The minimum Gasteiger partial charge on any atom is -0.492 e. The Kier molecular flexibility index (Phi) is 4.07. The maximum Gasteiger partial charge on any atom is 0.238 e. The van der Waals surface area contributed by atoms with Gasteiger partial charge in [-0.05, 0) is 35.9 Å². The number of rotatable bonds is 4. The molecular weight excluding hydrogens is 382 g/mol. The Balaban J connectivity index is 1.52. The number of H-pyrrole nitrogens is 1. The van der Waals surface area contributed by atoms with Crippen LogP contribution in [0.25, 0.3) is 11.6 Å². The van der Waals surface area contributed by atoms with Gasteiger partial charge in [-0.3, -0.25) is 0 Å². The van der Waals surface area contributed by atoms with Crippen LogP contribution < -0.4 is 5.32 Å². The number of nitrogens with one attached hydrogen (secondary N) is 2. The Hall–Kier alpha value is -2.93. The number of aliphatic imine (C=N–C) groups is 1. The maximum atomic E-state index is 10.1. The second-order valence-corrected chi connectivity index (χ2v) is 6.45. The van der Waals surface area contributed by atoms with Crippen LogP contribution in [-0.2, 0) is 6.54 Å². The van der Waals surface area contributed by atoms with Crippen molar-refractivity contribution in [2.75, 3.05) is 5.32 Å². The van der Waals surface area contributed by atoms with Crippen molar-refractivity contribution in [3.05, 3.63) is 63.9 Å². The van der Waals surface area contributed by atoms with E-state index in [1.165, 1.54) is 0 Å². The van der Waals surface area contributed by atoms with E-state index in [1.54, 1.807) is 12.4 Å². The highest BCUT2D eigenvalue weighted by Crippen LogP contribution is 2.31. The van der Waals surface area contributed by atoms with Gasteiger partial charge in [0.1, 0.15) is 5.69 Å². The van der Waals surface area contributed by atoms with Gasteiger partial charge in [0, 0.05) is 34.6 Å². The number of benzene rings is 1. The van der Waals surface area contributed by atoms with Crippen molar-refractivity contribution < 1.29 is 5.11 Å². The molecule has 25 heavy (non-hydrogen) atoms. The summed E-state index contributed by atoms with van der Waals surface area (Å²) in [6, 6.07) is 11.8. The Bertz CT molecular complexity index is 975. The zero-order chi connectivity index (χ0) is 17.2. The normalized spacial score (nSPS) is 14.0. The first-order valence-corrected chi connectivity index (χ1v) is 8.47. The van der Waals surface area contributed by atoms with Crippen molar-refractivity contribution in [2.24, 2.45) is 4.99 Å². The van der Waals surface area contributed by atoms with E-state index in [1.807, 2.05) is 42.5 Å². The molecule has 0 bridgehead atoms. The lowest BCUT2D eigenvalue weighted by atomic mass is 10.1. The molecule has 0 spiro atoms. The molecule has 2 aromatic heterocycles. The summed E-state index contributed by atoms with van der Waals surface area (Å²) in [7, 11) is 0. The van der Waals surface area contributed by atoms with Crippen LogP contribution in [0.5, 0.6) is 5.88 Å². The standard InChI is InChI=1S/C18H14BrN5O/c19-13-5-3-11(4-6-13)9-22-18-23-15(17(25)24-18)8-12-10-21-16-14(12)2-1-7-20-16/h1-8,10,25H,9H2,(H2,22,23,24). The van der Waals surface area contributed by atoms with Crippen molar-refractivity contribution in [3.63, 3.8) is 0 Å². The smallest absolute Gasteiger partial charge is 0.238 e. The number of fused-ring (bicyclic) bond motifs is 1. The first-order valence-electron chi connectivity index (χ1n) is 7.67. The van der Waals surface area contributed by atoms with Crippen molar-refractivity contribution in [1.29, 1.82) is 0 Å². The molecule has 124 valence electrons. The molecule has 0 saturated heterocycles. The fourth-order valence-corrected chi connectivity index (χ4v) is 2.81. The molecule has 1 aliphatic heterocycles. The summed E-state index contributed by atoms with van der Waals surface area (Å²) in [5.74, 6) is 1.13. The average Bonchev–Trinajstić information content (AvgIpc) is 3.19. The number of halogens is 1. The summed E-state index contributed by atoms with van der Waals surface area (Å²) >= 11 is 3.41. The van der Waals surface area contributed by atoms with E-state index in [4.69, 9.17) is 0 Å². The Morgan fingerprint density at radius 2 is 2.04 bits per heavy atom. The average molecular weight is 396 g/mol. The molecule has 0 saturated carbocycles. The second-order valence-electron chi connectivity index (χ2n) is 5.54. The largest absolute Gasteiger partial charge is 0.492 e. The van der Waals surface area contributed by atoms with E-state index in [-0.39, 0.29) is 5.88 Å². The van der Waals surface area contributed by atoms with Gasteiger partial charge in [-0.2, -0.15) is 4.98 Å². The molecule has 0 fully saturated rings. The van der Waals surface area contributed by atoms with Crippen LogP contribution in [0, 0.1) is 0 Å². The summed E-state index contributed by atoms with van der Waals surface area (Å²) < 4.78 is 1.04. The van der Waals surface area contributed by atoms with Crippen LogP contribution in [0.2, 0.25) is 0 Å². The monoisotopic (exact) mass is 395 g/mol. The van der Waals surface area contributed by atoms with E-state index in [0.717, 1.165) is 21.2 Å². The van der Waals surface area contributed by atoms with Gasteiger partial charge in [0.2, 0.25) is 11.8 Å². The highest BCUT2D eigenvalue weighted by molar-refractivity contribution is 9.10. The molecule has 4 rings (SSSR count). The molecule has 6 nitrogen and oxygen atoms in total. The molecule has 7 heteroatoms. The number of aromatic nitrogens is 3. The number of aromatic amines is 1. The molecule has 0 amide bonds. The third-order valence-corrected chi connectivity index (χ3v) is 4.34. The van der Waals surface area contributed by atoms with Gasteiger partial charge < -0.3 is 15.4 Å². The molecule has 0 aliphatic carbocycles. The fourth-order valence-electron chi connectivity index (χ4n) is 2.55. The third-order valence-electron chi connectivity index (χ3n) is 3.81. The first-order chi connectivity index (χ1) is 12.2. The Labute approximate surface area is 152 Å². The van der Waals surface area contributed by atoms with Crippen LogP contribution in [0.4, 0.5) is 11.8 Å². The van der Waals surface area contributed by atoms with E-state index in [2.05, 4.69) is 41.2 Å². The number of anilines is 1. The third kappa shape index (κ3) is 3.32. The van der Waals surface area contributed by atoms with Crippen LogP contribution in [0.1, 0.15) is 16.8 Å². The molecular formula is C18H14BrN5O. The Morgan fingerprint density at radius 1 is 1.20 bits per heavy atom. The summed E-state index contributed by atoms with van der Waals surface area (Å²) in [6.07, 6.45) is 5.24. The maximum absolute atomic E-state index is 10.1. The molecule has 3 aromatic rings. The van der Waals surface area contributed by atoms with E-state index in [0.29, 0.717) is 24.0 Å². The minimum absolute atomic E-state index is 0.0588. The summed E-state index contributed by atoms with van der Waals surface area (Å²) in [5, 5.41) is 13.2. The lowest BCUT2D eigenvalue weighted by Crippen LogP contribution is -2.00. The minimum atomic E-state index is -0.0588. The molecule has 0 radical (unpaired) electrons. The topological polar surface area (TPSA) is 86.2 Å². The molecule has 3 heterocycles. The van der Waals surface area contributed by atoms with Crippen LogP contribution in [0.15, 0.2) is 52.1 Å². The summed E-state index contributed by atoms with van der Waals surface area (Å²) in [4.78, 5) is 15.7. The number of aromatic hydroxyl groups is 1. The van der Waals surface area contributed by atoms with Gasteiger partial charge in [-0.25, -0.2) is 9.98 Å². The Morgan fingerprint density at radius 3 is 2.88 bits per heavy atom. The zero-order valence-electron chi connectivity index (χ0n) is 13.1. The predicted octanol–water partition coefficient (Wildman–Crippen LogP) is 4.14. The predicted molar refractivity (Wildman–Crippen MR) is 102 cm³/mol. The molecule has 1 aromatic carbocycles. The van der Waals surface area contributed by atoms with Gasteiger partial charge in [0.15, 0.2) is 5.82 Å². The SMILES string of the molecule is Oc1nc(NCc2ccc(Br)cc2)[nH]c1C=C1C=Nc2ncccc21. The molecule has 0 unspecified atom stereocenters. The van der Waals surface area contributed by atoms with E-state index < -0.39 is 0 Å². The highest BCUT2D eigenvalue weighted by atomic mass is 79.9. The van der Waals surface area contributed by atoms with Gasteiger partial charge in [0.25, 0.3) is 0 Å². The second kappa shape index (κ2) is 6.52. The number of hydrogen-bond acceptors (Lipinski definition) is 5. The number of nitrogens with zero attached hydrogens (tertiary/aromatic N) is 3. The van der Waals surface area contributed by atoms with Gasteiger partial charge in [-0.15, -0.1) is 0 Å². The van der Waals surface area contributed by atoms with Crippen molar-refractivity contribution >= 4 is 45.6 Å². The van der Waals surface area contributed by atoms with Crippen molar-refractivity contribution in [3.8, 4) is 5.88 Å². The van der Waals surface area contributed by atoms with Crippen LogP contribution in [-0.4, -0.2) is 26.3 Å². The zero-order valence-corrected chi connectivity index (χ0v) is 14.7. The van der Waals surface area contributed by atoms with Crippen molar-refractivity contribution in [1.82, 2.24) is 15.0 Å². The summed E-state index contributed by atoms with van der Waals surface area (Å²) in [5.41, 5.74) is 3.45. The van der Waals surface area contributed by atoms with E-state index >= 15 is 0 Å². The fraction of sp³-hybridized carbons (Fsp3) is 0.0556. The molecule has 1 aliphatic rings. The number of pyridine rings is 1. The van der Waals surface area contributed by atoms with Gasteiger partial charge in [0.05, 0.1) is 0 Å². The number of hydrogen-bond donors (Lipinski definition) is 3. The van der Waals surface area contributed by atoms with Crippen molar-refractivity contribution in [2.45, 2.75) is 6.54 Å². The molecule has 3 N–H and O–H groups in total. The lowest BCUT2D eigenvalue weighted by molar-refractivity contribution is 0.455. The quantitative estimate of drug-likeness (QED) is 0.619. The van der Waals surface area contributed by atoms with E-state index in [9.17, 15) is 5.11 Å². The first kappa shape index (κ1) is 15.6.